The highest BCUT2D eigenvalue weighted by Gasteiger charge is 2.32. The van der Waals surface area contributed by atoms with E-state index in [2.05, 4.69) is 28.6 Å². The molecule has 1 saturated heterocycles. The van der Waals surface area contributed by atoms with Gasteiger partial charge in [0.1, 0.15) is 5.82 Å². The van der Waals surface area contributed by atoms with Crippen LogP contribution < -0.4 is 9.80 Å². The zero-order valence-corrected chi connectivity index (χ0v) is 15.2. The molecule has 0 radical (unpaired) electrons. The van der Waals surface area contributed by atoms with Gasteiger partial charge in [-0.05, 0) is 32.3 Å². The molecule has 1 fully saturated rings. The van der Waals surface area contributed by atoms with Crippen molar-refractivity contribution in [3.63, 3.8) is 0 Å². The van der Waals surface area contributed by atoms with Gasteiger partial charge in [0.2, 0.25) is 5.95 Å². The zero-order chi connectivity index (χ0) is 16.9. The van der Waals surface area contributed by atoms with E-state index in [0.717, 1.165) is 44.2 Å². The van der Waals surface area contributed by atoms with Gasteiger partial charge in [0.25, 0.3) is 0 Å². The highest BCUT2D eigenvalue weighted by Crippen LogP contribution is 2.24. The SMILES string of the molecule is CCCN(CCC)c1nccc(N(CC)C2CCS(=O)(=O)C2)n1. The van der Waals surface area contributed by atoms with E-state index in [-0.39, 0.29) is 17.5 Å². The predicted octanol–water partition coefficient (Wildman–Crippen LogP) is 2.12. The summed E-state index contributed by atoms with van der Waals surface area (Å²) in [6, 6.07) is 1.91. The molecule has 0 bridgehead atoms. The van der Waals surface area contributed by atoms with Gasteiger partial charge in [-0.3, -0.25) is 0 Å². The number of sulfone groups is 1. The third-order valence-corrected chi connectivity index (χ3v) is 5.93. The van der Waals surface area contributed by atoms with E-state index in [9.17, 15) is 8.42 Å². The van der Waals surface area contributed by atoms with Crippen molar-refractivity contribution < 1.29 is 8.42 Å². The summed E-state index contributed by atoms with van der Waals surface area (Å²) >= 11 is 0. The van der Waals surface area contributed by atoms with Gasteiger partial charge >= 0.3 is 0 Å². The standard InChI is InChI=1S/C16H28N4O2S/c1-4-10-19(11-5-2)16-17-9-7-15(18-16)20(6-3)14-8-12-23(21,22)13-14/h7,9,14H,4-6,8,10-13H2,1-3H3. The molecule has 0 saturated carbocycles. The lowest BCUT2D eigenvalue weighted by atomic mass is 10.2. The minimum Gasteiger partial charge on any atom is -0.353 e. The van der Waals surface area contributed by atoms with E-state index < -0.39 is 9.84 Å². The fourth-order valence-electron chi connectivity index (χ4n) is 3.13. The first-order valence-electron chi connectivity index (χ1n) is 8.55. The average molecular weight is 340 g/mol. The van der Waals surface area contributed by atoms with Gasteiger partial charge in [0, 0.05) is 31.9 Å². The second-order valence-electron chi connectivity index (χ2n) is 6.04. The lowest BCUT2D eigenvalue weighted by Crippen LogP contribution is -2.37. The summed E-state index contributed by atoms with van der Waals surface area (Å²) < 4.78 is 23.5. The van der Waals surface area contributed by atoms with E-state index in [0.29, 0.717) is 6.42 Å². The highest BCUT2D eigenvalue weighted by atomic mass is 32.2. The molecule has 130 valence electrons. The molecule has 0 spiro atoms. The molecule has 23 heavy (non-hydrogen) atoms. The molecule has 1 atom stereocenters. The third kappa shape index (κ3) is 4.56. The molecule has 1 aromatic heterocycles. The lowest BCUT2D eigenvalue weighted by molar-refractivity contribution is 0.599. The Bertz CT molecular complexity index is 600. The Morgan fingerprint density at radius 1 is 1.22 bits per heavy atom. The molecule has 0 N–H and O–H groups in total. The van der Waals surface area contributed by atoms with Gasteiger partial charge in [-0.2, -0.15) is 4.98 Å². The minimum absolute atomic E-state index is 0.0264. The molecule has 1 aliphatic rings. The monoisotopic (exact) mass is 340 g/mol. The summed E-state index contributed by atoms with van der Waals surface area (Å²) in [4.78, 5) is 13.4. The second-order valence-corrected chi connectivity index (χ2v) is 8.27. The van der Waals surface area contributed by atoms with Gasteiger partial charge in [-0.1, -0.05) is 13.8 Å². The maximum atomic E-state index is 11.8. The van der Waals surface area contributed by atoms with Gasteiger partial charge < -0.3 is 9.80 Å². The van der Waals surface area contributed by atoms with Crippen LogP contribution in [-0.4, -0.2) is 55.6 Å². The first kappa shape index (κ1) is 18.0. The maximum Gasteiger partial charge on any atom is 0.227 e. The number of hydrogen-bond donors (Lipinski definition) is 0. The van der Waals surface area contributed by atoms with Crippen molar-refractivity contribution in [1.82, 2.24) is 9.97 Å². The van der Waals surface area contributed by atoms with Crippen molar-refractivity contribution in [3.8, 4) is 0 Å². The molecule has 7 heteroatoms. The minimum atomic E-state index is -2.90. The summed E-state index contributed by atoms with van der Waals surface area (Å²) in [6.45, 7) is 8.95. The van der Waals surface area contributed by atoms with E-state index in [1.54, 1.807) is 6.20 Å². The van der Waals surface area contributed by atoms with Crippen LogP contribution in [0.1, 0.15) is 40.0 Å². The van der Waals surface area contributed by atoms with Crippen molar-refractivity contribution >= 4 is 21.6 Å². The van der Waals surface area contributed by atoms with Gasteiger partial charge in [0.15, 0.2) is 9.84 Å². The quantitative estimate of drug-likeness (QED) is 0.722. The fraction of sp³-hybridized carbons (Fsp3) is 0.750. The molecule has 0 amide bonds. The molecule has 2 heterocycles. The smallest absolute Gasteiger partial charge is 0.227 e. The third-order valence-electron chi connectivity index (χ3n) is 4.18. The molecular weight excluding hydrogens is 312 g/mol. The van der Waals surface area contributed by atoms with E-state index in [1.165, 1.54) is 0 Å². The maximum absolute atomic E-state index is 11.8. The predicted molar refractivity (Wildman–Crippen MR) is 94.9 cm³/mol. The lowest BCUT2D eigenvalue weighted by Gasteiger charge is -2.29. The zero-order valence-electron chi connectivity index (χ0n) is 14.4. The normalized spacial score (nSPS) is 19.7. The summed E-state index contributed by atoms with van der Waals surface area (Å²) in [7, 11) is -2.90. The Morgan fingerprint density at radius 3 is 2.43 bits per heavy atom. The number of rotatable bonds is 8. The average Bonchev–Trinajstić information content (AvgIpc) is 2.88. The number of anilines is 2. The first-order valence-corrected chi connectivity index (χ1v) is 10.4. The Morgan fingerprint density at radius 2 is 1.91 bits per heavy atom. The van der Waals surface area contributed by atoms with Gasteiger partial charge in [-0.15, -0.1) is 0 Å². The van der Waals surface area contributed by atoms with Crippen LogP contribution in [0.5, 0.6) is 0 Å². The Balaban J connectivity index is 2.22. The molecular formula is C16H28N4O2S. The van der Waals surface area contributed by atoms with Crippen molar-refractivity contribution in [2.24, 2.45) is 0 Å². The van der Waals surface area contributed by atoms with Crippen molar-refractivity contribution in [2.45, 2.75) is 46.1 Å². The van der Waals surface area contributed by atoms with E-state index >= 15 is 0 Å². The Hall–Kier alpha value is -1.37. The summed E-state index contributed by atoms with van der Waals surface area (Å²) in [5.41, 5.74) is 0. The molecule has 1 unspecified atom stereocenters. The van der Waals surface area contributed by atoms with E-state index in [4.69, 9.17) is 4.98 Å². The summed E-state index contributed by atoms with van der Waals surface area (Å²) in [5.74, 6) is 2.08. The highest BCUT2D eigenvalue weighted by molar-refractivity contribution is 7.91. The summed E-state index contributed by atoms with van der Waals surface area (Å²) in [5, 5.41) is 0. The molecule has 0 aliphatic carbocycles. The van der Waals surface area contributed by atoms with Crippen LogP contribution >= 0.6 is 0 Å². The first-order chi connectivity index (χ1) is 11.0. The van der Waals surface area contributed by atoms with Crippen molar-refractivity contribution in [1.29, 1.82) is 0 Å². The Kier molecular flexibility index (Phi) is 6.21. The van der Waals surface area contributed by atoms with Crippen LogP contribution in [0.2, 0.25) is 0 Å². The van der Waals surface area contributed by atoms with Gasteiger partial charge in [0.05, 0.1) is 11.5 Å². The van der Waals surface area contributed by atoms with Crippen LogP contribution in [0.25, 0.3) is 0 Å². The van der Waals surface area contributed by atoms with Crippen LogP contribution in [0, 0.1) is 0 Å². The number of nitrogens with zero attached hydrogens (tertiary/aromatic N) is 4. The number of hydrogen-bond acceptors (Lipinski definition) is 6. The Labute approximate surface area is 139 Å². The van der Waals surface area contributed by atoms with E-state index in [1.807, 2.05) is 13.0 Å². The van der Waals surface area contributed by atoms with Gasteiger partial charge in [-0.25, -0.2) is 13.4 Å². The van der Waals surface area contributed by atoms with Crippen LogP contribution in [0.4, 0.5) is 11.8 Å². The van der Waals surface area contributed by atoms with Crippen LogP contribution in [0.3, 0.4) is 0 Å². The molecule has 1 aromatic rings. The van der Waals surface area contributed by atoms with Crippen LogP contribution in [-0.2, 0) is 9.84 Å². The van der Waals surface area contributed by atoms with Crippen molar-refractivity contribution in [3.05, 3.63) is 12.3 Å². The molecule has 1 aliphatic heterocycles. The second kappa shape index (κ2) is 7.95. The largest absolute Gasteiger partial charge is 0.353 e. The number of aromatic nitrogens is 2. The summed E-state index contributed by atoms with van der Waals surface area (Å²) in [6.07, 6.45) is 4.56. The topological polar surface area (TPSA) is 66.4 Å². The molecule has 2 rings (SSSR count). The molecule has 0 aromatic carbocycles. The van der Waals surface area contributed by atoms with Crippen LogP contribution in [0.15, 0.2) is 12.3 Å². The van der Waals surface area contributed by atoms with Crippen molar-refractivity contribution in [2.75, 3.05) is 40.9 Å². The fourth-order valence-corrected chi connectivity index (χ4v) is 4.86. The molecule has 6 nitrogen and oxygen atoms in total.